The lowest BCUT2D eigenvalue weighted by Crippen LogP contribution is -2.62. The average molecular weight is 1060 g/mol. The third-order valence-electron chi connectivity index (χ3n) is 24.5. The van der Waals surface area contributed by atoms with Gasteiger partial charge in [-0.3, -0.25) is 19.2 Å². The van der Waals surface area contributed by atoms with E-state index in [1.807, 2.05) is 51.1 Å². The van der Waals surface area contributed by atoms with Crippen molar-refractivity contribution in [1.29, 1.82) is 0 Å². The van der Waals surface area contributed by atoms with Crippen LogP contribution in [-0.2, 0) is 44.8 Å². The summed E-state index contributed by atoms with van der Waals surface area (Å²) < 4.78 is 16.1. The molecule has 0 bridgehead atoms. The van der Waals surface area contributed by atoms with Gasteiger partial charge in [0.1, 0.15) is 6.61 Å². The summed E-state index contributed by atoms with van der Waals surface area (Å²) in [5.41, 5.74) is 7.72. The maximum atomic E-state index is 13.6. The predicted molar refractivity (Wildman–Crippen MR) is 301 cm³/mol. The van der Waals surface area contributed by atoms with Crippen molar-refractivity contribution in [3.05, 3.63) is 128 Å². The minimum absolute atomic E-state index is 0.0182. The number of aliphatic hydroxyl groups is 2. The SMILES string of the molecule is CC1=C(O)C(=O)C=C2C1=CC=C1[C@@]2(C)CC[C@@]2(C)[C@@H]3C[C@](C)(C(=O)OCc4ccccc4)CC[C@]3(C)CC[C@]12C.COC(=O)COC(=O)[C@]1(C)CC[C@]2(C)CC[C@]3(C)C4=CC=C5C(=CC(=O)C(O)=C5C)[C@]4(C)CC[C@@]3(C)[C@@H]2C1. The molecule has 1 aromatic rings. The molecule has 418 valence electrons. The van der Waals surface area contributed by atoms with Crippen LogP contribution in [0, 0.1) is 66.0 Å². The Balaban J connectivity index is 0.000000177. The number of rotatable bonds is 6. The van der Waals surface area contributed by atoms with Crippen molar-refractivity contribution in [3.63, 3.8) is 0 Å². The van der Waals surface area contributed by atoms with Crippen LogP contribution in [-0.4, -0.2) is 53.4 Å². The highest BCUT2D eigenvalue weighted by molar-refractivity contribution is 6.07. The van der Waals surface area contributed by atoms with Crippen LogP contribution >= 0.6 is 0 Å². The lowest BCUT2D eigenvalue weighted by molar-refractivity contribution is -0.184. The Morgan fingerprint density at radius 2 is 0.949 bits per heavy atom. The van der Waals surface area contributed by atoms with E-state index in [0.29, 0.717) is 29.6 Å². The highest BCUT2D eigenvalue weighted by atomic mass is 16.6. The molecule has 0 spiro atoms. The normalized spacial score (nSPS) is 41.2. The van der Waals surface area contributed by atoms with E-state index in [-0.39, 0.29) is 85.0 Å². The number of allylic oxidation sites excluding steroid dienone is 14. The van der Waals surface area contributed by atoms with E-state index in [9.17, 15) is 34.2 Å². The van der Waals surface area contributed by atoms with Crippen molar-refractivity contribution in [2.75, 3.05) is 13.7 Å². The molecule has 0 saturated heterocycles. The molecule has 0 amide bonds. The van der Waals surface area contributed by atoms with Crippen molar-refractivity contribution in [3.8, 4) is 0 Å². The summed E-state index contributed by atoms with van der Waals surface area (Å²) in [6.45, 7) is 27.0. The molecule has 10 heteroatoms. The molecule has 1 aromatic carbocycles. The zero-order valence-electron chi connectivity index (χ0n) is 49.0. The van der Waals surface area contributed by atoms with Gasteiger partial charge in [0.2, 0.25) is 11.6 Å². The van der Waals surface area contributed by atoms with Gasteiger partial charge in [-0.05, 0) is 202 Å². The van der Waals surface area contributed by atoms with E-state index < -0.39 is 16.8 Å². The summed E-state index contributed by atoms with van der Waals surface area (Å²) in [5, 5.41) is 20.7. The van der Waals surface area contributed by atoms with Crippen LogP contribution in [0.25, 0.3) is 0 Å². The number of methoxy groups -OCH3 is 1. The number of ketones is 2. The standard InChI is InChI=1S/C36H44O4.C32H42O6/c1-23-25-12-13-28-34(4,26(25)20-27(37)30(23)38)17-19-36(6)29-21-33(3,15-14-32(29,2)16-18-35(28,36)5)31(39)40-22-24-10-8-7-9-11-24;1-19-20-8-9-23-30(4,21(20)16-22(33)26(19)35)13-15-32(6)24-17-29(3,27(36)38-18-25(34)37-7)11-10-28(24,2)12-14-31(23,32)5/h7-13,20,29,38H,14-19,21-22H2,1-6H3;8-9,16,24,35H,10-15,17-18H2,1-7H3/t29-,32-,33-,34+,35-,36+;24-,28-,29-,30+,31-,32+/m11/s1. The molecule has 10 nitrogen and oxygen atoms in total. The van der Waals surface area contributed by atoms with Gasteiger partial charge < -0.3 is 24.4 Å². The average Bonchev–Trinajstić information content (AvgIpc) is 2.51. The molecular weight excluding hydrogens is 977 g/mol. The first-order valence-corrected chi connectivity index (χ1v) is 29.1. The fourth-order valence-electron chi connectivity index (χ4n) is 18.5. The molecule has 0 aromatic heterocycles. The van der Waals surface area contributed by atoms with E-state index in [2.05, 4.69) is 91.4 Å². The van der Waals surface area contributed by atoms with Crippen molar-refractivity contribution < 1.29 is 48.4 Å². The van der Waals surface area contributed by atoms with Crippen molar-refractivity contribution in [1.82, 2.24) is 0 Å². The van der Waals surface area contributed by atoms with Crippen LogP contribution in [0.4, 0.5) is 0 Å². The molecule has 6 fully saturated rings. The number of ether oxygens (including phenoxy) is 3. The Morgan fingerprint density at radius 3 is 1.37 bits per heavy atom. The first kappa shape index (κ1) is 55.8. The minimum atomic E-state index is -0.647. The number of esters is 3. The van der Waals surface area contributed by atoms with Gasteiger partial charge in [0.05, 0.1) is 17.9 Å². The minimum Gasteiger partial charge on any atom is -0.504 e. The van der Waals surface area contributed by atoms with Crippen LogP contribution in [0.5, 0.6) is 0 Å². The number of fused-ring (bicyclic) bond motifs is 14. The second-order valence-electron chi connectivity index (χ2n) is 28.4. The fourth-order valence-corrected chi connectivity index (χ4v) is 18.5. The van der Waals surface area contributed by atoms with Crippen LogP contribution in [0.15, 0.2) is 123 Å². The first-order chi connectivity index (χ1) is 36.4. The lowest BCUT2D eigenvalue weighted by Gasteiger charge is -2.70. The summed E-state index contributed by atoms with van der Waals surface area (Å²) in [7, 11) is 1.29. The molecule has 10 aliphatic rings. The summed E-state index contributed by atoms with van der Waals surface area (Å²) in [4.78, 5) is 64.0. The summed E-state index contributed by atoms with van der Waals surface area (Å²) in [6, 6.07) is 9.95. The van der Waals surface area contributed by atoms with Crippen LogP contribution < -0.4 is 0 Å². The number of aliphatic hydroxyl groups excluding tert-OH is 2. The van der Waals surface area contributed by atoms with Gasteiger partial charge in [0, 0.05) is 22.0 Å². The van der Waals surface area contributed by atoms with Gasteiger partial charge in [-0.15, -0.1) is 0 Å². The third-order valence-corrected chi connectivity index (χ3v) is 24.5. The first-order valence-electron chi connectivity index (χ1n) is 29.1. The van der Waals surface area contributed by atoms with E-state index >= 15 is 0 Å². The van der Waals surface area contributed by atoms with Crippen molar-refractivity contribution in [2.24, 2.45) is 66.0 Å². The Bertz CT molecular complexity index is 3070. The van der Waals surface area contributed by atoms with Crippen molar-refractivity contribution >= 4 is 29.5 Å². The van der Waals surface area contributed by atoms with Gasteiger partial charge in [-0.25, -0.2) is 4.79 Å². The van der Waals surface area contributed by atoms with E-state index in [4.69, 9.17) is 9.47 Å². The Morgan fingerprint density at radius 1 is 0.538 bits per heavy atom. The van der Waals surface area contributed by atoms with Crippen LogP contribution in [0.3, 0.4) is 0 Å². The monoisotopic (exact) mass is 1060 g/mol. The summed E-state index contributed by atoms with van der Waals surface area (Å²) >= 11 is 0. The maximum Gasteiger partial charge on any atom is 0.344 e. The molecule has 0 heterocycles. The highest BCUT2D eigenvalue weighted by Gasteiger charge is 2.69. The number of hydrogen-bond donors (Lipinski definition) is 2. The molecule has 78 heavy (non-hydrogen) atoms. The zero-order chi connectivity index (χ0) is 56.6. The topological polar surface area (TPSA) is 154 Å². The molecule has 6 saturated carbocycles. The maximum absolute atomic E-state index is 13.6. The van der Waals surface area contributed by atoms with Gasteiger partial charge in [0.15, 0.2) is 18.1 Å². The molecule has 2 N–H and O–H groups in total. The molecular formula is C68H86O10. The van der Waals surface area contributed by atoms with E-state index in [0.717, 1.165) is 118 Å². The smallest absolute Gasteiger partial charge is 0.344 e. The lowest BCUT2D eigenvalue weighted by atomic mass is 9.34. The van der Waals surface area contributed by atoms with Gasteiger partial charge in [-0.1, -0.05) is 121 Å². The summed E-state index contributed by atoms with van der Waals surface area (Å²) in [5.74, 6) is -1.08. The van der Waals surface area contributed by atoms with E-state index in [1.54, 1.807) is 12.2 Å². The second-order valence-corrected chi connectivity index (χ2v) is 28.4. The van der Waals surface area contributed by atoms with Crippen molar-refractivity contribution in [2.45, 2.75) is 180 Å². The Kier molecular flexibility index (Phi) is 13.2. The highest BCUT2D eigenvalue weighted by Crippen LogP contribution is 2.77. The van der Waals surface area contributed by atoms with Gasteiger partial charge in [0.25, 0.3) is 0 Å². The quantitative estimate of drug-likeness (QED) is 0.208. The number of hydrogen-bond acceptors (Lipinski definition) is 10. The van der Waals surface area contributed by atoms with Crippen LogP contribution in [0.2, 0.25) is 0 Å². The predicted octanol–water partition coefficient (Wildman–Crippen LogP) is 14.7. The number of carbonyl (C=O) groups excluding carboxylic acids is 5. The summed E-state index contributed by atoms with van der Waals surface area (Å²) in [6.07, 6.45) is 25.7. The molecule has 0 aliphatic heterocycles. The molecule has 0 unspecified atom stereocenters. The third kappa shape index (κ3) is 7.98. The van der Waals surface area contributed by atoms with Gasteiger partial charge in [-0.2, -0.15) is 0 Å². The van der Waals surface area contributed by atoms with E-state index in [1.165, 1.54) is 18.3 Å². The molecule has 11 rings (SSSR count). The second kappa shape index (κ2) is 18.5. The fraction of sp³-hybridized carbons (Fsp3) is 0.603. The Labute approximate surface area is 463 Å². The molecule has 12 atom stereocenters. The van der Waals surface area contributed by atoms with Gasteiger partial charge >= 0.3 is 17.9 Å². The largest absolute Gasteiger partial charge is 0.504 e. The Hall–Kier alpha value is -5.51. The number of carbonyl (C=O) groups is 5. The molecule has 0 radical (unpaired) electrons. The molecule has 10 aliphatic carbocycles. The van der Waals surface area contributed by atoms with Crippen LogP contribution in [0.1, 0.15) is 179 Å². The number of benzene rings is 1. The zero-order valence-corrected chi connectivity index (χ0v) is 49.0.